The summed E-state index contributed by atoms with van der Waals surface area (Å²) in [6, 6.07) is 16.3. The molecule has 3 aliphatic rings. The number of morpholine rings is 1. The molecule has 1 aromatic heterocycles. The van der Waals surface area contributed by atoms with E-state index < -0.39 is 6.09 Å². The summed E-state index contributed by atoms with van der Waals surface area (Å²) in [4.78, 5) is 31.8. The fraction of sp³-hybridized carbons (Fsp3) is 0.400. The van der Waals surface area contributed by atoms with Gasteiger partial charge in [-0.1, -0.05) is 19.1 Å². The summed E-state index contributed by atoms with van der Waals surface area (Å²) < 4.78 is 26.3. The topological polar surface area (TPSA) is 62.3 Å². The van der Waals surface area contributed by atoms with Gasteiger partial charge < -0.3 is 19.3 Å². The summed E-state index contributed by atoms with van der Waals surface area (Å²) in [5.41, 5.74) is 2.90. The lowest BCUT2D eigenvalue weighted by Gasteiger charge is -2.30. The van der Waals surface area contributed by atoms with Crippen LogP contribution in [0.3, 0.4) is 0 Å². The zero-order valence-corrected chi connectivity index (χ0v) is 22.7. The number of carbonyl (C=O) groups excluding carboxylic acids is 2. The molecule has 7 nitrogen and oxygen atoms in total. The molecular weight excluding hydrogens is 517 g/mol. The molecule has 39 heavy (non-hydrogen) atoms. The molecule has 0 radical (unpaired) electrons. The van der Waals surface area contributed by atoms with Crippen LogP contribution < -0.4 is 14.5 Å². The predicted molar refractivity (Wildman–Crippen MR) is 149 cm³/mol. The van der Waals surface area contributed by atoms with E-state index in [0.717, 1.165) is 6.42 Å². The second-order valence-electron chi connectivity index (χ2n) is 10.4. The number of piperidine rings is 1. The van der Waals surface area contributed by atoms with Crippen LogP contribution in [0, 0.1) is 23.6 Å². The number of amides is 2. The minimum Gasteiger partial charge on any atom is -0.399 e. The lowest BCUT2D eigenvalue weighted by atomic mass is 10.1. The normalized spacial score (nSPS) is 21.9. The van der Waals surface area contributed by atoms with E-state index in [1.54, 1.807) is 23.1 Å². The van der Waals surface area contributed by atoms with Crippen molar-refractivity contribution in [3.05, 3.63) is 76.9 Å². The van der Waals surface area contributed by atoms with Crippen LogP contribution in [0.5, 0.6) is 5.06 Å². The molecule has 2 aliphatic heterocycles. The summed E-state index contributed by atoms with van der Waals surface area (Å²) in [6.45, 7) is 6.24. The lowest BCUT2D eigenvalue weighted by molar-refractivity contribution is 0.0768. The van der Waals surface area contributed by atoms with Gasteiger partial charge in [0.2, 0.25) is 0 Å². The number of likely N-dealkylation sites (tertiary alicyclic amines) is 1. The minimum absolute atomic E-state index is 0.0540. The van der Waals surface area contributed by atoms with E-state index in [9.17, 15) is 9.59 Å². The number of ether oxygens (including phenoxy) is 2. The largest absolute Gasteiger partial charge is 0.420 e. The van der Waals surface area contributed by atoms with Crippen LogP contribution >= 0.6 is 11.3 Å². The first-order chi connectivity index (χ1) is 19.0. The Kier molecular flexibility index (Phi) is 7.27. The number of benzene rings is 2. The number of nitrogens with zero attached hydrogens (tertiary/aromatic N) is 3. The number of hydrogen-bond donors (Lipinski definition) is 0. The molecule has 2 amide bonds. The SMILES string of the molecule is CCc1ccc(C(=O)N2CC3C(C2)C3CN(C(=O)Oc2cccs2)c2ccc(N3CCOCC3)c(F)c2)cc1. The van der Waals surface area contributed by atoms with Crippen molar-refractivity contribution < 1.29 is 23.5 Å². The highest BCUT2D eigenvalue weighted by Crippen LogP contribution is 2.52. The number of anilines is 2. The van der Waals surface area contributed by atoms with Gasteiger partial charge in [0.1, 0.15) is 5.82 Å². The molecule has 0 bridgehead atoms. The van der Waals surface area contributed by atoms with Gasteiger partial charge in [0.05, 0.1) is 24.6 Å². The molecule has 1 aliphatic carbocycles. The van der Waals surface area contributed by atoms with E-state index in [4.69, 9.17) is 9.47 Å². The van der Waals surface area contributed by atoms with Crippen LogP contribution in [-0.2, 0) is 11.2 Å². The van der Waals surface area contributed by atoms with Crippen LogP contribution in [-0.4, -0.2) is 62.8 Å². The van der Waals surface area contributed by atoms with Crippen molar-refractivity contribution in [2.45, 2.75) is 13.3 Å². The van der Waals surface area contributed by atoms with Gasteiger partial charge in [-0.25, -0.2) is 9.18 Å². The number of rotatable bonds is 7. The number of thiophene rings is 1. The maximum Gasteiger partial charge on any atom is 0.420 e. The highest BCUT2D eigenvalue weighted by molar-refractivity contribution is 7.11. The second-order valence-corrected chi connectivity index (χ2v) is 11.3. The van der Waals surface area contributed by atoms with Crippen molar-refractivity contribution >= 4 is 34.7 Å². The predicted octanol–water partition coefficient (Wildman–Crippen LogP) is 5.31. The number of fused-ring (bicyclic) bond motifs is 1. The van der Waals surface area contributed by atoms with Crippen molar-refractivity contribution in [2.24, 2.45) is 17.8 Å². The zero-order valence-electron chi connectivity index (χ0n) is 21.9. The quantitative estimate of drug-likeness (QED) is 0.400. The van der Waals surface area contributed by atoms with Crippen molar-refractivity contribution in [1.29, 1.82) is 0 Å². The van der Waals surface area contributed by atoms with Gasteiger partial charge >= 0.3 is 6.09 Å². The first-order valence-corrected chi connectivity index (χ1v) is 14.4. The molecule has 9 heteroatoms. The van der Waals surface area contributed by atoms with Gasteiger partial charge in [0, 0.05) is 38.3 Å². The fourth-order valence-electron chi connectivity index (χ4n) is 5.83. The molecule has 2 atom stereocenters. The first-order valence-electron chi connectivity index (χ1n) is 13.5. The molecular formula is C30H32FN3O4S. The van der Waals surface area contributed by atoms with Crippen LogP contribution in [0.4, 0.5) is 20.6 Å². The number of hydrogen-bond acceptors (Lipinski definition) is 6. The van der Waals surface area contributed by atoms with Gasteiger partial charge in [0.15, 0.2) is 5.06 Å². The van der Waals surface area contributed by atoms with E-state index in [1.165, 1.54) is 23.0 Å². The average Bonchev–Trinajstić information content (AvgIpc) is 3.32. The lowest BCUT2D eigenvalue weighted by Crippen LogP contribution is -2.38. The summed E-state index contributed by atoms with van der Waals surface area (Å²) in [7, 11) is 0. The van der Waals surface area contributed by atoms with Gasteiger partial charge in [-0.05, 0) is 77.6 Å². The maximum atomic E-state index is 15.3. The second kappa shape index (κ2) is 11.0. The monoisotopic (exact) mass is 549 g/mol. The van der Waals surface area contributed by atoms with Gasteiger partial charge in [-0.15, -0.1) is 11.3 Å². The smallest absolute Gasteiger partial charge is 0.399 e. The number of halogens is 1. The average molecular weight is 550 g/mol. The molecule has 2 unspecified atom stereocenters. The van der Waals surface area contributed by atoms with Gasteiger partial charge in [-0.2, -0.15) is 0 Å². The standard InChI is InChI=1S/C30H32FN3O4S/c1-2-20-5-7-21(8-6-20)29(35)33-17-23-24(18-33)25(23)19-34(30(36)38-28-4-3-15-39-28)22-9-10-27(26(31)16-22)32-11-13-37-14-12-32/h3-10,15-16,23-25H,2,11-14,17-19H2,1H3. The Balaban J connectivity index is 1.15. The molecule has 2 aromatic carbocycles. The van der Waals surface area contributed by atoms with Crippen molar-refractivity contribution in [3.8, 4) is 5.06 Å². The minimum atomic E-state index is -0.523. The summed E-state index contributed by atoms with van der Waals surface area (Å²) in [5, 5.41) is 2.34. The van der Waals surface area contributed by atoms with Crippen molar-refractivity contribution in [1.82, 2.24) is 4.90 Å². The third-order valence-corrected chi connectivity index (χ3v) is 8.90. The third kappa shape index (κ3) is 5.38. The van der Waals surface area contributed by atoms with Crippen LogP contribution in [0.1, 0.15) is 22.8 Å². The molecule has 6 rings (SSSR count). The number of carbonyl (C=O) groups is 2. The molecule has 204 valence electrons. The van der Waals surface area contributed by atoms with Crippen molar-refractivity contribution in [3.63, 3.8) is 0 Å². The Labute approximate surface area is 231 Å². The highest BCUT2D eigenvalue weighted by Gasteiger charge is 2.57. The maximum absolute atomic E-state index is 15.3. The Morgan fingerprint density at radius 3 is 2.46 bits per heavy atom. The molecule has 1 saturated carbocycles. The molecule has 3 fully saturated rings. The Bertz CT molecular complexity index is 1310. The highest BCUT2D eigenvalue weighted by atomic mass is 32.1. The van der Waals surface area contributed by atoms with Gasteiger partial charge in [0.25, 0.3) is 5.91 Å². The first kappa shape index (κ1) is 25.8. The third-order valence-electron chi connectivity index (χ3n) is 8.16. The summed E-state index contributed by atoms with van der Waals surface area (Å²) >= 11 is 1.34. The van der Waals surface area contributed by atoms with E-state index in [-0.39, 0.29) is 17.6 Å². The van der Waals surface area contributed by atoms with Gasteiger partial charge in [-0.3, -0.25) is 9.69 Å². The fourth-order valence-corrected chi connectivity index (χ4v) is 6.40. The Morgan fingerprint density at radius 1 is 1.08 bits per heavy atom. The molecule has 3 heterocycles. The Morgan fingerprint density at radius 2 is 1.82 bits per heavy atom. The Hall–Kier alpha value is -3.43. The van der Waals surface area contributed by atoms with Crippen LogP contribution in [0.15, 0.2) is 60.0 Å². The summed E-state index contributed by atoms with van der Waals surface area (Å²) in [6.07, 6.45) is 0.417. The molecule has 3 aromatic rings. The van der Waals surface area contributed by atoms with Crippen LogP contribution in [0.25, 0.3) is 0 Å². The number of aryl methyl sites for hydroxylation is 1. The van der Waals surface area contributed by atoms with Crippen LogP contribution in [0.2, 0.25) is 0 Å². The molecule has 0 spiro atoms. The molecule has 0 N–H and O–H groups in total. The van der Waals surface area contributed by atoms with E-state index in [1.807, 2.05) is 45.5 Å². The summed E-state index contributed by atoms with van der Waals surface area (Å²) in [5.74, 6) is 0.551. The van der Waals surface area contributed by atoms with Crippen molar-refractivity contribution in [2.75, 3.05) is 55.7 Å². The van der Waals surface area contributed by atoms with E-state index in [2.05, 4.69) is 6.92 Å². The molecule has 2 saturated heterocycles. The van der Waals surface area contributed by atoms with E-state index >= 15 is 4.39 Å². The zero-order chi connectivity index (χ0) is 26.9. The van der Waals surface area contributed by atoms with E-state index in [0.29, 0.717) is 79.8 Å².